The minimum atomic E-state index is -0.522. The third kappa shape index (κ3) is 3.25. The highest BCUT2D eigenvalue weighted by atomic mass is 19.1. The van der Waals surface area contributed by atoms with Crippen LogP contribution in [0.25, 0.3) is 0 Å². The van der Waals surface area contributed by atoms with E-state index in [0.717, 1.165) is 75.4 Å². The second-order valence-corrected chi connectivity index (χ2v) is 8.69. The van der Waals surface area contributed by atoms with Gasteiger partial charge in [-0.25, -0.2) is 4.39 Å². The van der Waals surface area contributed by atoms with Crippen molar-refractivity contribution in [2.75, 3.05) is 19.6 Å². The molecule has 0 bridgehead atoms. The molecule has 0 radical (unpaired) electrons. The van der Waals surface area contributed by atoms with Crippen LogP contribution in [0.3, 0.4) is 0 Å². The highest BCUT2D eigenvalue weighted by molar-refractivity contribution is 5.88. The van der Waals surface area contributed by atoms with Gasteiger partial charge in [-0.2, -0.15) is 0 Å². The molecule has 0 spiro atoms. The lowest BCUT2D eigenvalue weighted by Crippen LogP contribution is -2.48. The molecule has 1 amide bonds. The zero-order valence-electron chi connectivity index (χ0n) is 16.7. The SMILES string of the molecule is O=C(N1CCn2c(nnc2C2CCCNC2)C1)C1(c2ccc(F)cc2)CCCC1. The maximum absolute atomic E-state index is 13.7. The summed E-state index contributed by atoms with van der Waals surface area (Å²) < 4.78 is 15.7. The van der Waals surface area contributed by atoms with Crippen molar-refractivity contribution >= 4 is 5.91 Å². The fourth-order valence-corrected chi connectivity index (χ4v) is 5.40. The highest BCUT2D eigenvalue weighted by Gasteiger charge is 2.45. The molecule has 1 unspecified atom stereocenters. The number of benzene rings is 1. The molecule has 3 aliphatic rings. The number of nitrogens with one attached hydrogen (secondary N) is 1. The van der Waals surface area contributed by atoms with Crippen molar-refractivity contribution in [2.24, 2.45) is 0 Å². The quantitative estimate of drug-likeness (QED) is 0.865. The van der Waals surface area contributed by atoms with Crippen LogP contribution < -0.4 is 5.32 Å². The molecule has 1 aromatic carbocycles. The number of carbonyl (C=O) groups excluding carboxylic acids is 1. The Balaban J connectivity index is 1.38. The molecule has 2 aromatic rings. The number of rotatable bonds is 3. The smallest absolute Gasteiger partial charge is 0.233 e. The van der Waals surface area contributed by atoms with Gasteiger partial charge in [-0.05, 0) is 49.9 Å². The summed E-state index contributed by atoms with van der Waals surface area (Å²) in [6.45, 7) is 3.97. The number of halogens is 1. The number of carbonyl (C=O) groups is 1. The van der Waals surface area contributed by atoms with Crippen LogP contribution in [0.4, 0.5) is 4.39 Å². The van der Waals surface area contributed by atoms with Gasteiger partial charge in [-0.1, -0.05) is 25.0 Å². The molecule has 1 N–H and O–H groups in total. The molecule has 2 aliphatic heterocycles. The molecule has 6 nitrogen and oxygen atoms in total. The van der Waals surface area contributed by atoms with Crippen LogP contribution in [0, 0.1) is 5.82 Å². The predicted molar refractivity (Wildman–Crippen MR) is 107 cm³/mol. The molecule has 1 saturated carbocycles. The van der Waals surface area contributed by atoms with Gasteiger partial charge in [0.1, 0.15) is 11.6 Å². The van der Waals surface area contributed by atoms with Crippen LogP contribution >= 0.6 is 0 Å². The van der Waals surface area contributed by atoms with Crippen LogP contribution in [0.5, 0.6) is 0 Å². The molecular formula is C22H28FN5O. The van der Waals surface area contributed by atoms with E-state index in [9.17, 15) is 9.18 Å². The van der Waals surface area contributed by atoms with Gasteiger partial charge in [0.15, 0.2) is 5.82 Å². The van der Waals surface area contributed by atoms with Gasteiger partial charge in [-0.15, -0.1) is 10.2 Å². The average Bonchev–Trinajstić information content (AvgIpc) is 3.42. The topological polar surface area (TPSA) is 63.1 Å². The monoisotopic (exact) mass is 397 g/mol. The Morgan fingerprint density at radius 2 is 1.90 bits per heavy atom. The first-order chi connectivity index (χ1) is 14.2. The van der Waals surface area contributed by atoms with Crippen molar-refractivity contribution in [3.63, 3.8) is 0 Å². The van der Waals surface area contributed by atoms with Gasteiger partial charge in [0.2, 0.25) is 5.91 Å². The van der Waals surface area contributed by atoms with E-state index in [4.69, 9.17) is 0 Å². The number of fused-ring (bicyclic) bond motifs is 1. The van der Waals surface area contributed by atoms with Gasteiger partial charge < -0.3 is 14.8 Å². The molecule has 1 aromatic heterocycles. The fraction of sp³-hybridized carbons (Fsp3) is 0.591. The summed E-state index contributed by atoms with van der Waals surface area (Å²) in [5.74, 6) is 2.26. The minimum Gasteiger partial charge on any atom is -0.333 e. The molecule has 1 aliphatic carbocycles. The van der Waals surface area contributed by atoms with Crippen molar-refractivity contribution in [3.8, 4) is 0 Å². The number of hydrogen-bond acceptors (Lipinski definition) is 4. The van der Waals surface area contributed by atoms with E-state index in [1.54, 1.807) is 12.1 Å². The normalized spacial score (nSPS) is 23.8. The Morgan fingerprint density at radius 3 is 2.62 bits per heavy atom. The Labute approximate surface area is 170 Å². The van der Waals surface area contributed by atoms with Crippen molar-refractivity contribution in [1.82, 2.24) is 25.0 Å². The maximum Gasteiger partial charge on any atom is 0.233 e. The van der Waals surface area contributed by atoms with E-state index in [1.807, 2.05) is 4.90 Å². The van der Waals surface area contributed by atoms with E-state index in [-0.39, 0.29) is 11.7 Å². The number of nitrogens with zero attached hydrogens (tertiary/aromatic N) is 4. The molecule has 5 rings (SSSR count). The summed E-state index contributed by atoms with van der Waals surface area (Å²) in [4.78, 5) is 15.6. The first kappa shape index (κ1) is 18.7. The first-order valence-electron chi connectivity index (χ1n) is 10.9. The second-order valence-electron chi connectivity index (χ2n) is 8.69. The third-order valence-corrected chi connectivity index (χ3v) is 6.99. The highest BCUT2D eigenvalue weighted by Crippen LogP contribution is 2.43. The van der Waals surface area contributed by atoms with Gasteiger partial charge in [0, 0.05) is 25.6 Å². The van der Waals surface area contributed by atoms with Gasteiger partial charge in [-0.3, -0.25) is 4.79 Å². The lowest BCUT2D eigenvalue weighted by molar-refractivity contribution is -0.139. The number of amides is 1. The molecule has 1 saturated heterocycles. The molecule has 7 heteroatoms. The van der Waals surface area contributed by atoms with Gasteiger partial charge in [0.05, 0.1) is 12.0 Å². The summed E-state index contributed by atoms with van der Waals surface area (Å²) in [6.07, 6.45) is 6.04. The Bertz CT molecular complexity index is 881. The summed E-state index contributed by atoms with van der Waals surface area (Å²) in [5.41, 5.74) is 0.425. The minimum absolute atomic E-state index is 0.164. The van der Waals surface area contributed by atoms with E-state index < -0.39 is 5.41 Å². The van der Waals surface area contributed by atoms with Crippen LogP contribution in [0.1, 0.15) is 61.7 Å². The standard InChI is InChI=1S/C22H28FN5O/c23-18-7-5-17(6-8-18)22(9-1-2-10-22)21(29)27-12-13-28-19(15-27)25-26-20(28)16-4-3-11-24-14-16/h5-8,16,24H,1-4,9-15H2. The molecule has 2 fully saturated rings. The van der Waals surface area contributed by atoms with E-state index >= 15 is 0 Å². The molecular weight excluding hydrogens is 369 g/mol. The first-order valence-corrected chi connectivity index (χ1v) is 10.9. The molecule has 29 heavy (non-hydrogen) atoms. The van der Waals surface area contributed by atoms with Crippen LogP contribution in [0.2, 0.25) is 0 Å². The second kappa shape index (κ2) is 7.52. The van der Waals surface area contributed by atoms with Crippen molar-refractivity contribution in [1.29, 1.82) is 0 Å². The van der Waals surface area contributed by atoms with E-state index in [2.05, 4.69) is 20.1 Å². The summed E-state index contributed by atoms with van der Waals surface area (Å²) in [7, 11) is 0. The largest absolute Gasteiger partial charge is 0.333 e. The molecule has 3 heterocycles. The summed E-state index contributed by atoms with van der Waals surface area (Å²) >= 11 is 0. The van der Waals surface area contributed by atoms with Crippen LogP contribution in [-0.4, -0.2) is 45.2 Å². The van der Waals surface area contributed by atoms with Crippen LogP contribution in [0.15, 0.2) is 24.3 Å². The average molecular weight is 397 g/mol. The Morgan fingerprint density at radius 1 is 1.10 bits per heavy atom. The third-order valence-electron chi connectivity index (χ3n) is 6.99. The van der Waals surface area contributed by atoms with Crippen molar-refractivity contribution in [2.45, 2.75) is 62.9 Å². The van der Waals surface area contributed by atoms with Gasteiger partial charge in [0.25, 0.3) is 0 Å². The van der Waals surface area contributed by atoms with E-state index in [0.29, 0.717) is 19.0 Å². The predicted octanol–water partition coefficient (Wildman–Crippen LogP) is 2.74. The molecule has 1 atom stereocenters. The molecule has 154 valence electrons. The number of piperidine rings is 1. The van der Waals surface area contributed by atoms with E-state index in [1.165, 1.54) is 12.1 Å². The summed E-state index contributed by atoms with van der Waals surface area (Å²) in [5, 5.41) is 12.4. The number of hydrogen-bond donors (Lipinski definition) is 1. The Kier molecular flexibility index (Phi) is 4.86. The lowest BCUT2D eigenvalue weighted by Gasteiger charge is -2.37. The van der Waals surface area contributed by atoms with Crippen LogP contribution in [-0.2, 0) is 23.3 Å². The summed E-state index contributed by atoms with van der Waals surface area (Å²) in [6, 6.07) is 6.53. The Hall–Kier alpha value is -2.28. The van der Waals surface area contributed by atoms with Crippen molar-refractivity contribution < 1.29 is 9.18 Å². The zero-order valence-corrected chi connectivity index (χ0v) is 16.7. The lowest BCUT2D eigenvalue weighted by atomic mass is 9.77. The number of aromatic nitrogens is 3. The van der Waals surface area contributed by atoms with Crippen molar-refractivity contribution in [3.05, 3.63) is 47.3 Å². The van der Waals surface area contributed by atoms with Gasteiger partial charge >= 0.3 is 0 Å². The zero-order chi connectivity index (χ0) is 19.8. The fourth-order valence-electron chi connectivity index (χ4n) is 5.40. The maximum atomic E-state index is 13.7.